The summed E-state index contributed by atoms with van der Waals surface area (Å²) >= 11 is 0. The van der Waals surface area contributed by atoms with Gasteiger partial charge >= 0.3 is 0 Å². The summed E-state index contributed by atoms with van der Waals surface area (Å²) in [5.41, 5.74) is -0.105. The molecule has 4 amide bonds. The minimum absolute atomic E-state index is 0.0385. The molecule has 29 heavy (non-hydrogen) atoms. The Morgan fingerprint density at radius 2 is 1.76 bits per heavy atom. The number of benzene rings is 1. The maximum absolute atomic E-state index is 12.5. The van der Waals surface area contributed by atoms with Crippen LogP contribution in [0.1, 0.15) is 24.2 Å². The molecular formula is C19H25N5O5. The van der Waals surface area contributed by atoms with Gasteiger partial charge in [-0.25, -0.2) is 0 Å². The summed E-state index contributed by atoms with van der Waals surface area (Å²) < 4.78 is 0. The van der Waals surface area contributed by atoms with E-state index in [1.54, 1.807) is 27.9 Å². The topological polar surface area (TPSA) is 131 Å². The third-order valence-electron chi connectivity index (χ3n) is 4.09. The molecule has 10 nitrogen and oxygen atoms in total. The fraction of sp³-hybridized carbons (Fsp3) is 0.368. The van der Waals surface area contributed by atoms with Crippen molar-refractivity contribution in [1.29, 1.82) is 0 Å². The molecule has 0 aliphatic carbocycles. The number of phenolic OH excluding ortho intramolecular Hbond substituents is 1. The van der Waals surface area contributed by atoms with Crippen LogP contribution in [0.15, 0.2) is 29.6 Å². The normalized spacial score (nSPS) is 13.8. The Hall–Kier alpha value is -3.56. The van der Waals surface area contributed by atoms with Crippen molar-refractivity contribution >= 4 is 29.3 Å². The number of carbonyl (C=O) groups is 4. The van der Waals surface area contributed by atoms with Gasteiger partial charge in [-0.15, -0.1) is 0 Å². The summed E-state index contributed by atoms with van der Waals surface area (Å²) in [6.45, 7) is 3.39. The third kappa shape index (κ3) is 4.65. The Balaban J connectivity index is 2.34. The fourth-order valence-corrected chi connectivity index (χ4v) is 2.66. The molecule has 0 spiro atoms. The highest BCUT2D eigenvalue weighted by atomic mass is 16.3. The van der Waals surface area contributed by atoms with E-state index in [4.69, 9.17) is 0 Å². The molecule has 156 valence electrons. The van der Waals surface area contributed by atoms with Crippen molar-refractivity contribution in [2.75, 3.05) is 33.0 Å². The van der Waals surface area contributed by atoms with Crippen LogP contribution in [0.5, 0.6) is 5.75 Å². The van der Waals surface area contributed by atoms with E-state index in [1.807, 2.05) is 0 Å². The molecule has 0 saturated heterocycles. The number of hydrogen-bond donors (Lipinski definition) is 4. The molecule has 0 radical (unpaired) electrons. The van der Waals surface area contributed by atoms with Gasteiger partial charge < -0.3 is 26.0 Å². The van der Waals surface area contributed by atoms with Crippen molar-refractivity contribution in [1.82, 2.24) is 20.4 Å². The number of anilines is 1. The Bertz CT molecular complexity index is 891. The number of para-hydroxylation sites is 1. The van der Waals surface area contributed by atoms with E-state index in [-0.39, 0.29) is 46.9 Å². The number of phenols is 1. The van der Waals surface area contributed by atoms with Gasteiger partial charge in [0, 0.05) is 27.2 Å². The van der Waals surface area contributed by atoms with Gasteiger partial charge in [-0.2, -0.15) is 0 Å². The zero-order valence-electron chi connectivity index (χ0n) is 17.0. The second-order valence-corrected chi connectivity index (χ2v) is 7.02. The van der Waals surface area contributed by atoms with Crippen LogP contribution in [0.2, 0.25) is 0 Å². The van der Waals surface area contributed by atoms with E-state index in [0.717, 1.165) is 4.90 Å². The summed E-state index contributed by atoms with van der Waals surface area (Å²) in [6, 6.07) is 4.37. The highest BCUT2D eigenvalue weighted by molar-refractivity contribution is 6.20. The molecule has 0 fully saturated rings. The van der Waals surface area contributed by atoms with Crippen molar-refractivity contribution in [3.63, 3.8) is 0 Å². The molecule has 1 aliphatic rings. The lowest BCUT2D eigenvalue weighted by atomic mass is 10.1. The van der Waals surface area contributed by atoms with E-state index >= 15 is 0 Å². The Kier molecular flexibility index (Phi) is 6.47. The van der Waals surface area contributed by atoms with E-state index in [1.165, 1.54) is 30.1 Å². The Morgan fingerprint density at radius 1 is 1.14 bits per heavy atom. The first-order chi connectivity index (χ1) is 13.5. The zero-order valence-corrected chi connectivity index (χ0v) is 17.0. The first-order valence-corrected chi connectivity index (χ1v) is 8.95. The maximum Gasteiger partial charge on any atom is 0.279 e. The molecule has 10 heteroatoms. The molecule has 0 unspecified atom stereocenters. The van der Waals surface area contributed by atoms with Crippen molar-refractivity contribution in [3.8, 4) is 5.75 Å². The summed E-state index contributed by atoms with van der Waals surface area (Å²) in [4.78, 5) is 51.1. The summed E-state index contributed by atoms with van der Waals surface area (Å²) in [6.07, 6.45) is 0. The second kappa shape index (κ2) is 8.63. The predicted octanol–water partition coefficient (Wildman–Crippen LogP) is -0.170. The lowest BCUT2D eigenvalue weighted by Crippen LogP contribution is -2.39. The van der Waals surface area contributed by atoms with Gasteiger partial charge in [0.2, 0.25) is 5.91 Å². The number of carbonyl (C=O) groups excluding carboxylic acids is 4. The van der Waals surface area contributed by atoms with Crippen molar-refractivity contribution in [3.05, 3.63) is 35.2 Å². The molecule has 1 aliphatic heterocycles. The van der Waals surface area contributed by atoms with Crippen LogP contribution >= 0.6 is 0 Å². The molecule has 0 bridgehead atoms. The summed E-state index contributed by atoms with van der Waals surface area (Å²) in [5, 5.41) is 18.5. The highest BCUT2D eigenvalue weighted by Gasteiger charge is 2.37. The number of hydrogen-bond acceptors (Lipinski definition) is 7. The zero-order chi connectivity index (χ0) is 21.9. The first kappa shape index (κ1) is 21.7. The molecule has 1 aromatic carbocycles. The van der Waals surface area contributed by atoms with Gasteiger partial charge in [-0.05, 0) is 26.0 Å². The van der Waals surface area contributed by atoms with Crippen LogP contribution in [0.25, 0.3) is 0 Å². The van der Waals surface area contributed by atoms with Gasteiger partial charge in [-0.3, -0.25) is 24.1 Å². The molecule has 0 aromatic heterocycles. The SMILES string of the molecule is CC(C)NC(=O)CNC1=C(Nc2cccc(C(=O)N(C)C)c2O)C(=O)N(C)C1=O. The highest BCUT2D eigenvalue weighted by Crippen LogP contribution is 2.31. The number of aromatic hydroxyl groups is 1. The van der Waals surface area contributed by atoms with Crippen LogP contribution in [-0.4, -0.2) is 72.3 Å². The molecule has 0 atom stereocenters. The van der Waals surface area contributed by atoms with Gasteiger partial charge in [0.25, 0.3) is 17.7 Å². The van der Waals surface area contributed by atoms with Crippen molar-refractivity contribution in [2.24, 2.45) is 0 Å². The first-order valence-electron chi connectivity index (χ1n) is 8.95. The minimum Gasteiger partial charge on any atom is -0.505 e. The van der Waals surface area contributed by atoms with Crippen molar-refractivity contribution < 1.29 is 24.3 Å². The van der Waals surface area contributed by atoms with Crippen LogP contribution in [0.4, 0.5) is 5.69 Å². The monoisotopic (exact) mass is 403 g/mol. The molecule has 1 aromatic rings. The second-order valence-electron chi connectivity index (χ2n) is 7.02. The molecule has 1 heterocycles. The van der Waals surface area contributed by atoms with E-state index in [9.17, 15) is 24.3 Å². The molecule has 4 N–H and O–H groups in total. The van der Waals surface area contributed by atoms with Crippen LogP contribution in [0.3, 0.4) is 0 Å². The average Bonchev–Trinajstić information content (AvgIpc) is 2.84. The standard InChI is InChI=1S/C19H25N5O5/c1-10(2)21-13(25)9-20-14-15(19(29)24(5)18(14)28)22-12-8-6-7-11(16(12)26)17(27)23(3)4/h6-8,10,20,22,26H,9H2,1-5H3,(H,21,25). The molecular weight excluding hydrogens is 378 g/mol. The number of likely N-dealkylation sites (N-methyl/N-ethyl adjacent to an activating group) is 1. The van der Waals surface area contributed by atoms with Gasteiger partial charge in [0.05, 0.1) is 17.8 Å². The number of amides is 4. The lowest BCUT2D eigenvalue weighted by Gasteiger charge is -2.15. The van der Waals surface area contributed by atoms with Gasteiger partial charge in [0.15, 0.2) is 5.75 Å². The summed E-state index contributed by atoms with van der Waals surface area (Å²) in [7, 11) is 4.40. The number of rotatable bonds is 7. The largest absolute Gasteiger partial charge is 0.505 e. The third-order valence-corrected chi connectivity index (χ3v) is 4.09. The summed E-state index contributed by atoms with van der Waals surface area (Å²) in [5.74, 6) is -2.37. The van der Waals surface area contributed by atoms with Crippen LogP contribution in [0, 0.1) is 0 Å². The predicted molar refractivity (Wildman–Crippen MR) is 106 cm³/mol. The van der Waals surface area contributed by atoms with Gasteiger partial charge in [-0.1, -0.05) is 6.07 Å². The minimum atomic E-state index is -0.634. The quantitative estimate of drug-likeness (QED) is 0.367. The smallest absolute Gasteiger partial charge is 0.279 e. The molecule has 2 rings (SSSR count). The van der Waals surface area contributed by atoms with E-state index in [0.29, 0.717) is 0 Å². The Labute approximate surface area is 168 Å². The van der Waals surface area contributed by atoms with E-state index in [2.05, 4.69) is 16.0 Å². The average molecular weight is 403 g/mol. The Morgan fingerprint density at radius 3 is 2.34 bits per heavy atom. The molecule has 0 saturated carbocycles. The number of nitrogens with one attached hydrogen (secondary N) is 3. The van der Waals surface area contributed by atoms with E-state index < -0.39 is 17.7 Å². The maximum atomic E-state index is 12.5. The number of nitrogens with zero attached hydrogens (tertiary/aromatic N) is 2. The van der Waals surface area contributed by atoms with Crippen LogP contribution in [-0.2, 0) is 14.4 Å². The van der Waals surface area contributed by atoms with Crippen molar-refractivity contribution in [2.45, 2.75) is 19.9 Å². The number of imide groups is 1. The van der Waals surface area contributed by atoms with Crippen LogP contribution < -0.4 is 16.0 Å². The fourth-order valence-electron chi connectivity index (χ4n) is 2.66. The lowest BCUT2D eigenvalue weighted by molar-refractivity contribution is -0.136. The van der Waals surface area contributed by atoms with Gasteiger partial charge in [0.1, 0.15) is 11.4 Å².